The average molecular weight is 427 g/mol. The van der Waals surface area contributed by atoms with Crippen LogP contribution in [-0.2, 0) is 24.1 Å². The monoisotopic (exact) mass is 427 g/mol. The van der Waals surface area contributed by atoms with Crippen molar-refractivity contribution >= 4 is 29.9 Å². The van der Waals surface area contributed by atoms with Gasteiger partial charge >= 0.3 is 0 Å². The van der Waals surface area contributed by atoms with Gasteiger partial charge in [-0.1, -0.05) is 18.2 Å². The van der Waals surface area contributed by atoms with Crippen LogP contribution in [0.25, 0.3) is 0 Å². The van der Waals surface area contributed by atoms with Crippen LogP contribution in [0.2, 0.25) is 0 Å². The molecule has 4 rings (SSSR count). The van der Waals surface area contributed by atoms with Crippen molar-refractivity contribution in [1.82, 2.24) is 10.6 Å². The number of benzene rings is 1. The van der Waals surface area contributed by atoms with Gasteiger partial charge in [0.25, 0.3) is 0 Å². The van der Waals surface area contributed by atoms with E-state index in [4.69, 9.17) is 4.74 Å². The summed E-state index contributed by atoms with van der Waals surface area (Å²) in [5, 5.41) is 6.98. The first kappa shape index (κ1) is 17.0. The van der Waals surface area contributed by atoms with Crippen molar-refractivity contribution in [3.05, 3.63) is 34.9 Å². The number of fused-ring (bicyclic) bond motifs is 3. The molecule has 3 aliphatic rings. The topological polar surface area (TPSA) is 45.7 Å². The summed E-state index contributed by atoms with van der Waals surface area (Å²) >= 11 is 0. The zero-order valence-corrected chi connectivity index (χ0v) is 16.0. The maximum absolute atomic E-state index is 5.90. The molecule has 1 aliphatic carbocycles. The largest absolute Gasteiger partial charge is 0.373 e. The summed E-state index contributed by atoms with van der Waals surface area (Å²) in [6.07, 6.45) is 8.16. The summed E-state index contributed by atoms with van der Waals surface area (Å²) in [4.78, 5) is 4.36. The van der Waals surface area contributed by atoms with Crippen molar-refractivity contribution in [2.24, 2.45) is 4.99 Å². The summed E-state index contributed by atoms with van der Waals surface area (Å²) < 4.78 is 5.90. The van der Waals surface area contributed by atoms with Gasteiger partial charge in [-0.15, -0.1) is 24.0 Å². The molecule has 3 unspecified atom stereocenters. The Hall–Kier alpha value is -0.820. The number of halogens is 1. The minimum atomic E-state index is 0. The Balaban J connectivity index is 0.00000156. The lowest BCUT2D eigenvalue weighted by atomic mass is 9.96. The highest BCUT2D eigenvalue weighted by molar-refractivity contribution is 14.0. The predicted octanol–water partition coefficient (Wildman–Crippen LogP) is 2.78. The summed E-state index contributed by atoms with van der Waals surface area (Å²) in [6.45, 7) is 0.828. The normalized spacial score (nSPS) is 28.4. The van der Waals surface area contributed by atoms with Crippen molar-refractivity contribution in [2.75, 3.05) is 7.05 Å². The molecule has 2 N–H and O–H groups in total. The number of aryl methyl sites for hydroxylation is 2. The van der Waals surface area contributed by atoms with E-state index < -0.39 is 0 Å². The minimum absolute atomic E-state index is 0. The van der Waals surface area contributed by atoms with Crippen LogP contribution in [0.3, 0.4) is 0 Å². The van der Waals surface area contributed by atoms with E-state index in [-0.39, 0.29) is 24.0 Å². The first-order valence-electron chi connectivity index (χ1n) is 8.55. The van der Waals surface area contributed by atoms with E-state index in [0.29, 0.717) is 18.2 Å². The fraction of sp³-hybridized carbons (Fsp3) is 0.611. The van der Waals surface area contributed by atoms with E-state index >= 15 is 0 Å². The first-order valence-corrected chi connectivity index (χ1v) is 8.55. The predicted molar refractivity (Wildman–Crippen MR) is 104 cm³/mol. The third-order valence-electron chi connectivity index (χ3n) is 5.27. The lowest BCUT2D eigenvalue weighted by Crippen LogP contribution is -2.47. The van der Waals surface area contributed by atoms with Crippen LogP contribution in [0.1, 0.15) is 42.4 Å². The lowest BCUT2D eigenvalue weighted by molar-refractivity contribution is 0.0992. The van der Waals surface area contributed by atoms with E-state index in [1.165, 1.54) is 48.8 Å². The van der Waals surface area contributed by atoms with Crippen LogP contribution in [0, 0.1) is 0 Å². The molecule has 126 valence electrons. The Morgan fingerprint density at radius 2 is 2.13 bits per heavy atom. The molecule has 2 saturated heterocycles. The summed E-state index contributed by atoms with van der Waals surface area (Å²) in [5.74, 6) is 0.890. The Bertz CT molecular complexity index is 590. The minimum Gasteiger partial charge on any atom is -0.373 e. The van der Waals surface area contributed by atoms with E-state index in [9.17, 15) is 0 Å². The molecule has 0 amide bonds. The van der Waals surface area contributed by atoms with Gasteiger partial charge in [-0.25, -0.2) is 0 Å². The fourth-order valence-electron chi connectivity index (χ4n) is 4.08. The average Bonchev–Trinajstić information content (AvgIpc) is 3.26. The quantitative estimate of drug-likeness (QED) is 0.443. The van der Waals surface area contributed by atoms with Gasteiger partial charge < -0.3 is 15.4 Å². The van der Waals surface area contributed by atoms with E-state index in [2.05, 4.69) is 33.8 Å². The van der Waals surface area contributed by atoms with Crippen molar-refractivity contribution in [3.63, 3.8) is 0 Å². The van der Waals surface area contributed by atoms with Gasteiger partial charge in [0, 0.05) is 13.6 Å². The Labute approximate surface area is 155 Å². The molecule has 23 heavy (non-hydrogen) atoms. The molecule has 2 heterocycles. The SMILES string of the molecule is CN=C(NCc1ccc2c(c1)CCC2)NC1CC2CCC1O2.I. The Kier molecular flexibility index (Phi) is 5.46. The van der Waals surface area contributed by atoms with Crippen LogP contribution in [0.5, 0.6) is 0 Å². The molecule has 0 saturated carbocycles. The highest BCUT2D eigenvalue weighted by Crippen LogP contribution is 2.34. The van der Waals surface area contributed by atoms with Gasteiger partial charge in [-0.3, -0.25) is 4.99 Å². The van der Waals surface area contributed by atoms with Gasteiger partial charge in [0.15, 0.2) is 5.96 Å². The van der Waals surface area contributed by atoms with E-state index in [0.717, 1.165) is 18.9 Å². The third-order valence-corrected chi connectivity index (χ3v) is 5.27. The number of nitrogens with one attached hydrogen (secondary N) is 2. The Morgan fingerprint density at radius 3 is 2.87 bits per heavy atom. The van der Waals surface area contributed by atoms with Gasteiger partial charge in [0.1, 0.15) is 0 Å². The second-order valence-electron chi connectivity index (χ2n) is 6.74. The zero-order chi connectivity index (χ0) is 14.9. The van der Waals surface area contributed by atoms with Gasteiger partial charge in [-0.2, -0.15) is 0 Å². The molecule has 3 atom stereocenters. The molecular formula is C18H26IN3O. The Morgan fingerprint density at radius 1 is 1.26 bits per heavy atom. The number of rotatable bonds is 3. The molecule has 0 radical (unpaired) electrons. The van der Waals surface area contributed by atoms with Crippen LogP contribution in [-0.4, -0.2) is 31.3 Å². The van der Waals surface area contributed by atoms with E-state index in [1.807, 2.05) is 7.05 Å². The molecule has 1 aromatic carbocycles. The summed E-state index contributed by atoms with van der Waals surface area (Å²) in [5.41, 5.74) is 4.40. The molecule has 0 aromatic heterocycles. The fourth-order valence-corrected chi connectivity index (χ4v) is 4.08. The third kappa shape index (κ3) is 3.65. The summed E-state index contributed by atoms with van der Waals surface area (Å²) in [7, 11) is 1.84. The van der Waals surface area contributed by atoms with Crippen molar-refractivity contribution in [1.29, 1.82) is 0 Å². The number of ether oxygens (including phenoxy) is 1. The number of hydrogen-bond acceptors (Lipinski definition) is 2. The van der Waals surface area contributed by atoms with Gasteiger partial charge in [0.2, 0.25) is 0 Å². The van der Waals surface area contributed by atoms with Crippen LogP contribution < -0.4 is 10.6 Å². The van der Waals surface area contributed by atoms with Crippen LogP contribution >= 0.6 is 24.0 Å². The number of guanidine groups is 1. The molecule has 1 aromatic rings. The molecule has 0 spiro atoms. The lowest BCUT2D eigenvalue weighted by Gasteiger charge is -2.22. The van der Waals surface area contributed by atoms with E-state index in [1.54, 1.807) is 0 Å². The molecule has 5 heteroatoms. The number of nitrogens with zero attached hydrogens (tertiary/aromatic N) is 1. The molecule has 4 nitrogen and oxygen atoms in total. The standard InChI is InChI=1S/C18H25N3O.HI/c1-19-18(21-16-10-15-7-8-17(16)22-15)20-11-12-5-6-13-3-2-4-14(13)9-12;/h5-6,9,15-17H,2-4,7-8,10-11H2,1H3,(H2,19,20,21);1H. The van der Waals surface area contributed by atoms with Crippen LogP contribution in [0.15, 0.2) is 23.2 Å². The number of aliphatic imine (C=N–C) groups is 1. The van der Waals surface area contributed by atoms with Crippen LogP contribution in [0.4, 0.5) is 0 Å². The van der Waals surface area contributed by atoms with Gasteiger partial charge in [-0.05, 0) is 55.2 Å². The molecule has 2 fully saturated rings. The summed E-state index contributed by atoms with van der Waals surface area (Å²) in [6, 6.07) is 7.30. The second kappa shape index (κ2) is 7.38. The number of hydrogen-bond donors (Lipinski definition) is 2. The van der Waals surface area contributed by atoms with Crippen molar-refractivity contribution in [3.8, 4) is 0 Å². The van der Waals surface area contributed by atoms with Gasteiger partial charge in [0.05, 0.1) is 18.2 Å². The molecule has 2 aliphatic heterocycles. The highest BCUT2D eigenvalue weighted by Gasteiger charge is 2.41. The maximum Gasteiger partial charge on any atom is 0.191 e. The van der Waals surface area contributed by atoms with Crippen molar-refractivity contribution in [2.45, 2.75) is 63.3 Å². The zero-order valence-electron chi connectivity index (χ0n) is 13.7. The molecule has 2 bridgehead atoms. The highest BCUT2D eigenvalue weighted by atomic mass is 127. The first-order chi connectivity index (χ1) is 10.8. The smallest absolute Gasteiger partial charge is 0.191 e. The maximum atomic E-state index is 5.90. The molecular weight excluding hydrogens is 401 g/mol. The van der Waals surface area contributed by atoms with Crippen molar-refractivity contribution < 1.29 is 4.74 Å². The second-order valence-corrected chi connectivity index (χ2v) is 6.74.